The molecule has 0 atom stereocenters. The molecule has 1 aliphatic rings. The van der Waals surface area contributed by atoms with Gasteiger partial charge >= 0.3 is 0 Å². The number of hydrogen-bond donors (Lipinski definition) is 1. The molecule has 1 aliphatic heterocycles. The molecule has 0 radical (unpaired) electrons. The van der Waals surface area contributed by atoms with E-state index >= 15 is 0 Å². The maximum Gasteiger partial charge on any atom is 0.262 e. The number of benzene rings is 2. The number of amides is 3. The Morgan fingerprint density at radius 1 is 0.960 bits per heavy atom. The van der Waals surface area contributed by atoms with Crippen molar-refractivity contribution in [3.8, 4) is 0 Å². The van der Waals surface area contributed by atoms with Crippen LogP contribution in [0.2, 0.25) is 0 Å². The number of carbonyl (C=O) groups is 3. The third kappa shape index (κ3) is 3.44. The van der Waals surface area contributed by atoms with Gasteiger partial charge in [0, 0.05) is 13.7 Å². The molecule has 1 N–H and O–H groups in total. The van der Waals surface area contributed by atoms with Gasteiger partial charge < -0.3 is 10.1 Å². The Labute approximate surface area is 145 Å². The monoisotopic (exact) mass is 338 g/mol. The van der Waals surface area contributed by atoms with Crippen molar-refractivity contribution in [3.63, 3.8) is 0 Å². The number of methoxy groups -OCH3 is 1. The topological polar surface area (TPSA) is 75.7 Å². The molecule has 0 fully saturated rings. The molecule has 128 valence electrons. The highest BCUT2D eigenvalue weighted by atomic mass is 16.5. The van der Waals surface area contributed by atoms with Gasteiger partial charge in [-0.2, -0.15) is 0 Å². The summed E-state index contributed by atoms with van der Waals surface area (Å²) in [4.78, 5) is 37.7. The van der Waals surface area contributed by atoms with Gasteiger partial charge in [-0.3, -0.25) is 19.3 Å². The number of nitrogens with zero attached hydrogens (tertiary/aromatic N) is 1. The van der Waals surface area contributed by atoms with Gasteiger partial charge in [-0.25, -0.2) is 0 Å². The minimum atomic E-state index is -0.435. The molecule has 0 saturated carbocycles. The summed E-state index contributed by atoms with van der Waals surface area (Å²) in [7, 11) is 1.61. The smallest absolute Gasteiger partial charge is 0.262 e. The van der Waals surface area contributed by atoms with Crippen LogP contribution >= 0.6 is 0 Å². The van der Waals surface area contributed by atoms with Crippen LogP contribution in [0.25, 0.3) is 0 Å². The number of ether oxygens (including phenoxy) is 1. The number of imide groups is 1. The highest BCUT2D eigenvalue weighted by Gasteiger charge is 2.36. The fraction of sp³-hybridized carbons (Fsp3) is 0.211. The Bertz CT molecular complexity index is 797. The van der Waals surface area contributed by atoms with Gasteiger partial charge in [0.05, 0.1) is 17.7 Å². The fourth-order valence-electron chi connectivity index (χ4n) is 2.80. The van der Waals surface area contributed by atoms with Crippen molar-refractivity contribution in [2.75, 3.05) is 13.7 Å². The molecular formula is C19H18N2O4. The Morgan fingerprint density at radius 2 is 1.52 bits per heavy atom. The number of nitrogens with one attached hydrogen (secondary N) is 1. The van der Waals surface area contributed by atoms with Crippen molar-refractivity contribution in [1.29, 1.82) is 0 Å². The van der Waals surface area contributed by atoms with Crippen LogP contribution in [0, 0.1) is 0 Å². The van der Waals surface area contributed by atoms with E-state index in [1.807, 2.05) is 24.3 Å². The minimum absolute atomic E-state index is 0.293. The average molecular weight is 338 g/mol. The first-order valence-electron chi connectivity index (χ1n) is 7.89. The average Bonchev–Trinajstić information content (AvgIpc) is 2.87. The van der Waals surface area contributed by atoms with Gasteiger partial charge in [0.2, 0.25) is 5.91 Å². The fourth-order valence-corrected chi connectivity index (χ4v) is 2.80. The Hall–Kier alpha value is -2.99. The van der Waals surface area contributed by atoms with E-state index in [9.17, 15) is 14.4 Å². The van der Waals surface area contributed by atoms with Crippen LogP contribution < -0.4 is 5.32 Å². The number of hydrogen-bond acceptors (Lipinski definition) is 4. The molecule has 6 nitrogen and oxygen atoms in total. The predicted molar refractivity (Wildman–Crippen MR) is 90.8 cm³/mol. The van der Waals surface area contributed by atoms with E-state index in [0.29, 0.717) is 24.3 Å². The molecule has 2 aromatic rings. The third-order valence-corrected chi connectivity index (χ3v) is 4.07. The van der Waals surface area contributed by atoms with Crippen molar-refractivity contribution >= 4 is 17.7 Å². The quantitative estimate of drug-likeness (QED) is 0.814. The Morgan fingerprint density at radius 3 is 2.12 bits per heavy atom. The van der Waals surface area contributed by atoms with Crippen molar-refractivity contribution in [3.05, 3.63) is 70.8 Å². The lowest BCUT2D eigenvalue weighted by Crippen LogP contribution is -2.40. The van der Waals surface area contributed by atoms with Crippen LogP contribution in [0.4, 0.5) is 0 Å². The zero-order chi connectivity index (χ0) is 17.8. The summed E-state index contributed by atoms with van der Waals surface area (Å²) in [6.45, 7) is 0.463. The number of rotatable bonds is 6. The van der Waals surface area contributed by atoms with Crippen LogP contribution in [-0.4, -0.2) is 36.3 Å². The van der Waals surface area contributed by atoms with Gasteiger partial charge in [-0.1, -0.05) is 36.4 Å². The van der Waals surface area contributed by atoms with E-state index in [4.69, 9.17) is 4.74 Å². The summed E-state index contributed by atoms with van der Waals surface area (Å²) in [6, 6.07) is 14.2. The molecule has 1 heterocycles. The summed E-state index contributed by atoms with van der Waals surface area (Å²) in [5.41, 5.74) is 2.59. The van der Waals surface area contributed by atoms with E-state index < -0.39 is 11.8 Å². The highest BCUT2D eigenvalue weighted by Crippen LogP contribution is 2.21. The van der Waals surface area contributed by atoms with Crippen LogP contribution in [0.5, 0.6) is 0 Å². The molecule has 0 saturated heterocycles. The van der Waals surface area contributed by atoms with Crippen LogP contribution in [0.1, 0.15) is 31.8 Å². The Kier molecular flexibility index (Phi) is 4.90. The molecule has 25 heavy (non-hydrogen) atoms. The Balaban J connectivity index is 1.63. The first kappa shape index (κ1) is 16.9. The van der Waals surface area contributed by atoms with Crippen LogP contribution in [0.3, 0.4) is 0 Å². The van der Waals surface area contributed by atoms with Crippen LogP contribution in [-0.2, 0) is 22.7 Å². The summed E-state index contributed by atoms with van der Waals surface area (Å²) >= 11 is 0. The molecule has 0 aromatic heterocycles. The maximum absolute atomic E-state index is 12.3. The first-order valence-corrected chi connectivity index (χ1v) is 7.89. The van der Waals surface area contributed by atoms with E-state index in [1.54, 1.807) is 31.4 Å². The van der Waals surface area contributed by atoms with Crippen molar-refractivity contribution in [1.82, 2.24) is 10.2 Å². The SMILES string of the molecule is COCc1ccccc1CNC(=O)CN1C(=O)c2ccccc2C1=O. The largest absolute Gasteiger partial charge is 0.380 e. The van der Waals surface area contributed by atoms with Gasteiger partial charge in [0.1, 0.15) is 6.54 Å². The molecule has 2 aromatic carbocycles. The van der Waals surface area contributed by atoms with Crippen molar-refractivity contribution in [2.45, 2.75) is 13.2 Å². The van der Waals surface area contributed by atoms with Crippen molar-refractivity contribution in [2.24, 2.45) is 0 Å². The second kappa shape index (κ2) is 7.27. The summed E-state index contributed by atoms with van der Waals surface area (Å²) in [5, 5.41) is 2.75. The molecule has 0 bridgehead atoms. The third-order valence-electron chi connectivity index (χ3n) is 4.07. The standard InChI is InChI=1S/C19H18N2O4/c1-25-12-14-7-3-2-6-13(14)10-20-17(22)11-21-18(23)15-8-4-5-9-16(15)19(21)24/h2-9H,10-12H2,1H3,(H,20,22). The predicted octanol–water partition coefficient (Wildman–Crippen LogP) is 1.75. The highest BCUT2D eigenvalue weighted by molar-refractivity contribution is 6.22. The van der Waals surface area contributed by atoms with E-state index in [-0.39, 0.29) is 12.5 Å². The number of carbonyl (C=O) groups excluding carboxylic acids is 3. The second-order valence-electron chi connectivity index (χ2n) is 5.72. The molecule has 3 amide bonds. The zero-order valence-electron chi connectivity index (χ0n) is 13.8. The molecule has 0 aliphatic carbocycles. The molecule has 0 unspecified atom stereocenters. The van der Waals surface area contributed by atoms with E-state index in [1.165, 1.54) is 0 Å². The lowest BCUT2D eigenvalue weighted by atomic mass is 10.1. The normalized spacial score (nSPS) is 13.1. The van der Waals surface area contributed by atoms with Gasteiger partial charge in [-0.05, 0) is 23.3 Å². The minimum Gasteiger partial charge on any atom is -0.380 e. The molecule has 6 heteroatoms. The summed E-state index contributed by atoms with van der Waals surface area (Å²) in [5.74, 6) is -1.26. The molecule has 3 rings (SSSR count). The van der Waals surface area contributed by atoms with E-state index in [2.05, 4.69) is 5.32 Å². The van der Waals surface area contributed by atoms with Gasteiger partial charge in [0.25, 0.3) is 11.8 Å². The van der Waals surface area contributed by atoms with Gasteiger partial charge in [0.15, 0.2) is 0 Å². The second-order valence-corrected chi connectivity index (χ2v) is 5.72. The lowest BCUT2D eigenvalue weighted by molar-refractivity contribution is -0.121. The first-order chi connectivity index (χ1) is 12.1. The van der Waals surface area contributed by atoms with Crippen molar-refractivity contribution < 1.29 is 19.1 Å². The number of fused-ring (bicyclic) bond motifs is 1. The summed E-state index contributed by atoms with van der Waals surface area (Å²) in [6.07, 6.45) is 0. The summed E-state index contributed by atoms with van der Waals surface area (Å²) < 4.78 is 5.14. The molecular weight excluding hydrogens is 320 g/mol. The zero-order valence-corrected chi connectivity index (χ0v) is 13.8. The van der Waals surface area contributed by atoms with Gasteiger partial charge in [-0.15, -0.1) is 0 Å². The van der Waals surface area contributed by atoms with E-state index in [0.717, 1.165) is 16.0 Å². The van der Waals surface area contributed by atoms with Crippen LogP contribution in [0.15, 0.2) is 48.5 Å². The maximum atomic E-state index is 12.3. The lowest BCUT2D eigenvalue weighted by Gasteiger charge is -2.14. The molecule has 0 spiro atoms.